The van der Waals surface area contributed by atoms with E-state index < -0.39 is 17.3 Å². The van der Waals surface area contributed by atoms with Gasteiger partial charge in [-0.25, -0.2) is 4.98 Å². The molecule has 1 aliphatic rings. The molecule has 27 heavy (non-hydrogen) atoms. The van der Waals surface area contributed by atoms with Gasteiger partial charge in [0.2, 0.25) is 5.91 Å². The van der Waals surface area contributed by atoms with Gasteiger partial charge in [-0.2, -0.15) is 18.4 Å². The van der Waals surface area contributed by atoms with Crippen molar-refractivity contribution in [3.05, 3.63) is 58.8 Å². The molecule has 1 heterocycles. The Morgan fingerprint density at radius 3 is 2.59 bits per heavy atom. The minimum atomic E-state index is -4.68. The van der Waals surface area contributed by atoms with E-state index in [0.717, 1.165) is 36.2 Å². The van der Waals surface area contributed by atoms with E-state index in [1.165, 1.54) is 0 Å². The van der Waals surface area contributed by atoms with Crippen molar-refractivity contribution in [3.63, 3.8) is 0 Å². The van der Waals surface area contributed by atoms with Crippen molar-refractivity contribution in [2.24, 2.45) is 0 Å². The summed E-state index contributed by atoms with van der Waals surface area (Å²) in [5.74, 6) is -0.347. The first-order valence-corrected chi connectivity index (χ1v) is 9.32. The molecule has 0 unspecified atom stereocenters. The Hall–Kier alpha value is -2.53. The first-order valence-electron chi connectivity index (χ1n) is 8.34. The standard InChI is InChI=1S/C19H16F3N3OS/c20-19(21,22)16-9-14(8-12-4-2-1-3-5-12)25-18(15(16)10-23)27-11-17(26)24-13-6-7-13/h1-5,9,13H,6-8,11H2,(H,24,26). The van der Waals surface area contributed by atoms with Gasteiger partial charge in [0.1, 0.15) is 11.1 Å². The van der Waals surface area contributed by atoms with Crippen molar-refractivity contribution >= 4 is 17.7 Å². The highest BCUT2D eigenvalue weighted by Gasteiger charge is 2.36. The lowest BCUT2D eigenvalue weighted by Gasteiger charge is -2.14. The van der Waals surface area contributed by atoms with Crippen LogP contribution in [0.3, 0.4) is 0 Å². The number of hydrogen-bond acceptors (Lipinski definition) is 4. The zero-order chi connectivity index (χ0) is 19.4. The molecule has 140 valence electrons. The number of carbonyl (C=O) groups is 1. The van der Waals surface area contributed by atoms with Crippen molar-refractivity contribution in [1.29, 1.82) is 5.26 Å². The summed E-state index contributed by atoms with van der Waals surface area (Å²) in [7, 11) is 0. The minimum Gasteiger partial charge on any atom is -0.353 e. The third-order valence-corrected chi connectivity index (χ3v) is 4.94. The van der Waals surface area contributed by atoms with Gasteiger partial charge in [-0.3, -0.25) is 4.79 Å². The van der Waals surface area contributed by atoms with Crippen LogP contribution in [0, 0.1) is 11.3 Å². The fraction of sp³-hybridized carbons (Fsp3) is 0.316. The smallest absolute Gasteiger partial charge is 0.353 e. The van der Waals surface area contributed by atoms with E-state index in [1.54, 1.807) is 30.3 Å². The molecule has 1 N–H and O–H groups in total. The molecule has 1 aromatic heterocycles. The fourth-order valence-electron chi connectivity index (χ4n) is 2.54. The Labute approximate surface area is 158 Å². The summed E-state index contributed by atoms with van der Waals surface area (Å²) >= 11 is 0.859. The van der Waals surface area contributed by atoms with Gasteiger partial charge in [0.05, 0.1) is 16.9 Å². The summed E-state index contributed by atoms with van der Waals surface area (Å²) in [6, 6.07) is 11.7. The van der Waals surface area contributed by atoms with E-state index in [2.05, 4.69) is 10.3 Å². The Morgan fingerprint density at radius 2 is 2.00 bits per heavy atom. The fourth-order valence-corrected chi connectivity index (χ4v) is 3.37. The van der Waals surface area contributed by atoms with E-state index >= 15 is 0 Å². The number of hydrogen-bond donors (Lipinski definition) is 1. The summed E-state index contributed by atoms with van der Waals surface area (Å²) < 4.78 is 40.3. The zero-order valence-corrected chi connectivity index (χ0v) is 15.0. The van der Waals surface area contributed by atoms with Crippen LogP contribution in [0.5, 0.6) is 0 Å². The molecule has 0 aliphatic heterocycles. The zero-order valence-electron chi connectivity index (χ0n) is 14.2. The molecule has 1 fully saturated rings. The summed E-state index contributed by atoms with van der Waals surface area (Å²) in [4.78, 5) is 16.1. The van der Waals surface area contributed by atoms with Crippen LogP contribution in [0.2, 0.25) is 0 Å². The summed E-state index contributed by atoms with van der Waals surface area (Å²) in [5.41, 5.74) is -0.539. The third-order valence-electron chi connectivity index (χ3n) is 3.97. The van der Waals surface area contributed by atoms with Crippen molar-refractivity contribution in [3.8, 4) is 6.07 Å². The molecule has 0 saturated heterocycles. The number of aromatic nitrogens is 1. The van der Waals surface area contributed by atoms with Gasteiger partial charge in [0.25, 0.3) is 0 Å². The van der Waals surface area contributed by atoms with E-state index in [9.17, 15) is 23.2 Å². The van der Waals surface area contributed by atoms with E-state index in [1.807, 2.05) is 6.07 Å². The van der Waals surface area contributed by atoms with Crippen molar-refractivity contribution < 1.29 is 18.0 Å². The van der Waals surface area contributed by atoms with Gasteiger partial charge in [-0.05, 0) is 24.5 Å². The number of alkyl halides is 3. The second-order valence-electron chi connectivity index (χ2n) is 6.24. The van der Waals surface area contributed by atoms with E-state index in [4.69, 9.17) is 0 Å². The lowest BCUT2D eigenvalue weighted by atomic mass is 10.0. The van der Waals surface area contributed by atoms with Gasteiger partial charge in [0.15, 0.2) is 0 Å². The maximum atomic E-state index is 13.4. The number of thioether (sulfide) groups is 1. The lowest BCUT2D eigenvalue weighted by molar-refractivity contribution is -0.138. The van der Waals surface area contributed by atoms with Crippen LogP contribution in [0.25, 0.3) is 0 Å². The molecule has 0 spiro atoms. The highest BCUT2D eigenvalue weighted by Crippen LogP contribution is 2.36. The summed E-state index contributed by atoms with van der Waals surface area (Å²) in [5, 5.41) is 12.0. The molecule has 3 rings (SSSR count). The Morgan fingerprint density at radius 1 is 1.30 bits per heavy atom. The minimum absolute atomic E-state index is 0.0656. The van der Waals surface area contributed by atoms with Crippen LogP contribution < -0.4 is 5.32 Å². The molecule has 1 amide bonds. The van der Waals surface area contributed by atoms with Gasteiger partial charge in [-0.1, -0.05) is 42.1 Å². The number of benzene rings is 1. The van der Waals surface area contributed by atoms with Crippen LogP contribution in [0.4, 0.5) is 13.2 Å². The van der Waals surface area contributed by atoms with Crippen molar-refractivity contribution in [1.82, 2.24) is 10.3 Å². The maximum absolute atomic E-state index is 13.4. The molecule has 2 aromatic rings. The van der Waals surface area contributed by atoms with Gasteiger partial charge < -0.3 is 5.32 Å². The number of nitrogens with one attached hydrogen (secondary N) is 1. The Balaban J connectivity index is 1.89. The molecule has 0 bridgehead atoms. The molecule has 1 saturated carbocycles. The van der Waals surface area contributed by atoms with Crippen LogP contribution in [0.1, 0.15) is 35.2 Å². The van der Waals surface area contributed by atoms with Gasteiger partial charge in [-0.15, -0.1) is 0 Å². The second-order valence-corrected chi connectivity index (χ2v) is 7.21. The number of nitriles is 1. The predicted molar refractivity (Wildman–Crippen MR) is 95.1 cm³/mol. The SMILES string of the molecule is N#Cc1c(C(F)(F)F)cc(Cc2ccccc2)nc1SCC(=O)NC1CC1. The third kappa shape index (κ3) is 5.23. The highest BCUT2D eigenvalue weighted by molar-refractivity contribution is 8.00. The average molecular weight is 391 g/mol. The molecule has 0 radical (unpaired) electrons. The lowest BCUT2D eigenvalue weighted by Crippen LogP contribution is -2.27. The molecule has 4 nitrogen and oxygen atoms in total. The quantitative estimate of drug-likeness (QED) is 0.758. The normalized spacial score (nSPS) is 13.9. The topological polar surface area (TPSA) is 65.8 Å². The average Bonchev–Trinajstić information content (AvgIpc) is 3.43. The maximum Gasteiger partial charge on any atom is 0.417 e. The number of nitrogens with zero attached hydrogens (tertiary/aromatic N) is 2. The van der Waals surface area contributed by atoms with Gasteiger partial charge in [0, 0.05) is 18.2 Å². The van der Waals surface area contributed by atoms with E-state index in [0.29, 0.717) is 0 Å². The number of pyridine rings is 1. The van der Waals surface area contributed by atoms with Crippen molar-refractivity contribution in [2.45, 2.75) is 36.5 Å². The number of amides is 1. The summed E-state index contributed by atoms with van der Waals surface area (Å²) in [6.45, 7) is 0. The summed E-state index contributed by atoms with van der Waals surface area (Å²) in [6.07, 6.45) is -2.63. The highest BCUT2D eigenvalue weighted by atomic mass is 32.2. The first kappa shape index (κ1) is 19.2. The van der Waals surface area contributed by atoms with Crippen LogP contribution >= 0.6 is 11.8 Å². The largest absolute Gasteiger partial charge is 0.417 e. The Bertz CT molecular complexity index is 874. The predicted octanol–water partition coefficient (Wildman–Crippen LogP) is 3.93. The molecular weight excluding hydrogens is 375 g/mol. The second kappa shape index (κ2) is 8.01. The Kier molecular flexibility index (Phi) is 5.71. The first-order chi connectivity index (χ1) is 12.9. The van der Waals surface area contributed by atoms with Crippen LogP contribution in [-0.4, -0.2) is 22.7 Å². The van der Waals surface area contributed by atoms with E-state index in [-0.39, 0.29) is 34.8 Å². The number of halogens is 3. The molecule has 1 aromatic carbocycles. The molecule has 1 aliphatic carbocycles. The van der Waals surface area contributed by atoms with Crippen LogP contribution in [-0.2, 0) is 17.4 Å². The molecular formula is C19H16F3N3OS. The van der Waals surface area contributed by atoms with Gasteiger partial charge >= 0.3 is 6.18 Å². The number of rotatable bonds is 6. The molecule has 0 atom stereocenters. The monoisotopic (exact) mass is 391 g/mol. The van der Waals surface area contributed by atoms with Crippen LogP contribution in [0.15, 0.2) is 41.4 Å². The molecule has 8 heteroatoms. The number of carbonyl (C=O) groups excluding carboxylic acids is 1. The van der Waals surface area contributed by atoms with Crippen molar-refractivity contribution in [2.75, 3.05) is 5.75 Å².